The van der Waals surface area contributed by atoms with E-state index in [-0.39, 0.29) is 11.5 Å². The number of aliphatic hydroxyl groups excluding tert-OH is 1. The molecule has 3 rings (SSSR count). The third-order valence-electron chi connectivity index (χ3n) is 4.68. The number of nitrogen functional groups attached to an aromatic ring is 1. The minimum atomic E-state index is -0.550. The van der Waals surface area contributed by atoms with Crippen LogP contribution in [0.1, 0.15) is 30.9 Å². The number of hydrogen-bond acceptors (Lipinski definition) is 5. The summed E-state index contributed by atoms with van der Waals surface area (Å²) in [5.74, 6) is 3.03. The van der Waals surface area contributed by atoms with Crippen LogP contribution in [0.5, 0.6) is 5.75 Å². The van der Waals surface area contributed by atoms with Gasteiger partial charge >= 0.3 is 0 Å². The number of para-hydroxylation sites is 1. The van der Waals surface area contributed by atoms with Crippen LogP contribution in [0.4, 0.5) is 5.69 Å². The largest absolute Gasteiger partial charge is 0.495 e. The molecule has 2 fully saturated rings. The summed E-state index contributed by atoms with van der Waals surface area (Å²) in [6, 6.07) is 5.60. The van der Waals surface area contributed by atoms with E-state index in [1.165, 1.54) is 0 Å². The van der Waals surface area contributed by atoms with Crippen molar-refractivity contribution in [1.82, 2.24) is 0 Å². The summed E-state index contributed by atoms with van der Waals surface area (Å²) in [4.78, 5) is 0. The van der Waals surface area contributed by atoms with Crippen molar-refractivity contribution in [2.45, 2.75) is 31.0 Å². The number of hydrogen-bond donors (Lipinski definition) is 2. The summed E-state index contributed by atoms with van der Waals surface area (Å²) < 4.78 is 11.3. The van der Waals surface area contributed by atoms with E-state index in [0.29, 0.717) is 11.4 Å². The molecule has 5 heteroatoms. The number of thioether (sulfide) groups is 1. The van der Waals surface area contributed by atoms with Crippen molar-refractivity contribution in [1.29, 1.82) is 0 Å². The maximum atomic E-state index is 10.8. The standard InChI is InChI=1S/C16H23NO3S/c1-19-13-4-2-3-12(14(13)17)15(18)11-5-7-20-16(9-11)6-8-21-10-16/h2-4,11,15,18H,5-10,17H2,1H3. The highest BCUT2D eigenvalue weighted by atomic mass is 32.2. The Hall–Kier alpha value is -0.910. The fourth-order valence-corrected chi connectivity index (χ4v) is 4.83. The van der Waals surface area contributed by atoms with Crippen molar-refractivity contribution in [3.8, 4) is 5.75 Å². The number of anilines is 1. The van der Waals surface area contributed by atoms with E-state index in [4.69, 9.17) is 15.2 Å². The number of nitrogens with two attached hydrogens (primary N) is 1. The third kappa shape index (κ3) is 2.87. The van der Waals surface area contributed by atoms with Gasteiger partial charge < -0.3 is 20.3 Å². The molecular formula is C16H23NO3S. The van der Waals surface area contributed by atoms with Crippen LogP contribution >= 0.6 is 11.8 Å². The molecule has 1 aromatic carbocycles. The Morgan fingerprint density at radius 3 is 3.10 bits per heavy atom. The molecule has 2 heterocycles. The van der Waals surface area contributed by atoms with E-state index in [1.807, 2.05) is 30.0 Å². The van der Waals surface area contributed by atoms with Crippen molar-refractivity contribution in [2.75, 3.05) is 31.0 Å². The molecule has 0 radical (unpaired) electrons. The van der Waals surface area contributed by atoms with Crippen molar-refractivity contribution in [2.24, 2.45) is 5.92 Å². The molecule has 116 valence electrons. The maximum Gasteiger partial charge on any atom is 0.142 e. The first-order valence-electron chi connectivity index (χ1n) is 7.47. The number of methoxy groups -OCH3 is 1. The van der Waals surface area contributed by atoms with Crippen molar-refractivity contribution in [3.63, 3.8) is 0 Å². The summed E-state index contributed by atoms with van der Waals surface area (Å²) in [5.41, 5.74) is 7.43. The Balaban J connectivity index is 1.80. The lowest BCUT2D eigenvalue weighted by molar-refractivity contribution is -0.102. The van der Waals surface area contributed by atoms with Gasteiger partial charge in [-0.05, 0) is 37.0 Å². The SMILES string of the molecule is COc1cccc(C(O)C2CCOC3(CCSC3)C2)c1N. The molecule has 21 heavy (non-hydrogen) atoms. The molecular weight excluding hydrogens is 286 g/mol. The number of benzene rings is 1. The molecule has 2 aliphatic rings. The lowest BCUT2D eigenvalue weighted by atomic mass is 9.80. The second-order valence-electron chi connectivity index (χ2n) is 5.99. The van der Waals surface area contributed by atoms with E-state index < -0.39 is 6.10 Å². The van der Waals surface area contributed by atoms with Crippen LogP contribution < -0.4 is 10.5 Å². The van der Waals surface area contributed by atoms with Gasteiger partial charge in [-0.15, -0.1) is 0 Å². The van der Waals surface area contributed by atoms with Crippen LogP contribution in [0.2, 0.25) is 0 Å². The second kappa shape index (κ2) is 6.07. The molecule has 3 N–H and O–H groups in total. The molecule has 3 atom stereocenters. The van der Waals surface area contributed by atoms with Crippen LogP contribution in [0.15, 0.2) is 18.2 Å². The number of aliphatic hydroxyl groups is 1. The van der Waals surface area contributed by atoms with Gasteiger partial charge in [0.15, 0.2) is 0 Å². The first kappa shape index (κ1) is 15.0. The van der Waals surface area contributed by atoms with Crippen molar-refractivity contribution in [3.05, 3.63) is 23.8 Å². The van der Waals surface area contributed by atoms with E-state index in [1.54, 1.807) is 7.11 Å². The molecule has 2 saturated heterocycles. The highest BCUT2D eigenvalue weighted by Gasteiger charge is 2.42. The van der Waals surface area contributed by atoms with Crippen LogP contribution in [0.3, 0.4) is 0 Å². The molecule has 4 nitrogen and oxygen atoms in total. The lowest BCUT2D eigenvalue weighted by Gasteiger charge is -2.39. The fourth-order valence-electron chi connectivity index (χ4n) is 3.45. The fraction of sp³-hybridized carbons (Fsp3) is 0.625. The van der Waals surface area contributed by atoms with Crippen LogP contribution in [0.25, 0.3) is 0 Å². The number of ether oxygens (including phenoxy) is 2. The van der Waals surface area contributed by atoms with E-state index in [9.17, 15) is 5.11 Å². The summed E-state index contributed by atoms with van der Waals surface area (Å²) >= 11 is 1.95. The normalized spacial score (nSPS) is 30.5. The number of rotatable bonds is 3. The smallest absolute Gasteiger partial charge is 0.142 e. The van der Waals surface area contributed by atoms with E-state index in [2.05, 4.69) is 0 Å². The van der Waals surface area contributed by atoms with Gasteiger partial charge in [0, 0.05) is 17.9 Å². The zero-order chi connectivity index (χ0) is 14.9. The molecule has 0 aromatic heterocycles. The molecule has 1 aromatic rings. The Labute approximate surface area is 130 Å². The zero-order valence-corrected chi connectivity index (χ0v) is 13.2. The first-order chi connectivity index (χ1) is 10.2. The highest BCUT2D eigenvalue weighted by Crippen LogP contribution is 2.45. The van der Waals surface area contributed by atoms with Gasteiger partial charge in [-0.3, -0.25) is 0 Å². The maximum absolute atomic E-state index is 10.8. The van der Waals surface area contributed by atoms with Crippen LogP contribution in [-0.4, -0.2) is 35.9 Å². The van der Waals surface area contributed by atoms with Crippen molar-refractivity contribution < 1.29 is 14.6 Å². The highest BCUT2D eigenvalue weighted by molar-refractivity contribution is 7.99. The van der Waals surface area contributed by atoms with E-state index >= 15 is 0 Å². The van der Waals surface area contributed by atoms with Gasteiger partial charge in [0.1, 0.15) is 5.75 Å². The van der Waals surface area contributed by atoms with Gasteiger partial charge in [0.2, 0.25) is 0 Å². The molecule has 0 saturated carbocycles. The molecule has 0 aliphatic carbocycles. The lowest BCUT2D eigenvalue weighted by Crippen LogP contribution is -2.41. The topological polar surface area (TPSA) is 64.7 Å². The van der Waals surface area contributed by atoms with E-state index in [0.717, 1.165) is 42.9 Å². The van der Waals surface area contributed by atoms with Crippen molar-refractivity contribution >= 4 is 17.4 Å². The van der Waals surface area contributed by atoms with Crippen LogP contribution in [-0.2, 0) is 4.74 Å². The molecule has 3 unspecified atom stereocenters. The average molecular weight is 309 g/mol. The van der Waals surface area contributed by atoms with Gasteiger partial charge in [-0.1, -0.05) is 12.1 Å². The van der Waals surface area contributed by atoms with Gasteiger partial charge in [-0.25, -0.2) is 0 Å². The van der Waals surface area contributed by atoms with Gasteiger partial charge in [0.25, 0.3) is 0 Å². The Morgan fingerprint density at radius 2 is 2.38 bits per heavy atom. The monoisotopic (exact) mass is 309 g/mol. The Bertz CT molecular complexity index is 502. The Morgan fingerprint density at radius 1 is 1.52 bits per heavy atom. The molecule has 0 amide bonds. The molecule has 0 bridgehead atoms. The predicted molar refractivity (Wildman–Crippen MR) is 85.7 cm³/mol. The summed E-state index contributed by atoms with van der Waals surface area (Å²) in [6.07, 6.45) is 2.34. The third-order valence-corrected chi connectivity index (χ3v) is 5.91. The van der Waals surface area contributed by atoms with Crippen LogP contribution in [0, 0.1) is 5.92 Å². The first-order valence-corrected chi connectivity index (χ1v) is 8.63. The average Bonchev–Trinajstić information content (AvgIpc) is 2.94. The minimum Gasteiger partial charge on any atom is -0.495 e. The van der Waals surface area contributed by atoms with Gasteiger partial charge in [-0.2, -0.15) is 11.8 Å². The molecule has 2 aliphatic heterocycles. The van der Waals surface area contributed by atoms with Gasteiger partial charge in [0.05, 0.1) is 24.5 Å². The summed E-state index contributed by atoms with van der Waals surface area (Å²) in [7, 11) is 1.60. The predicted octanol–water partition coefficient (Wildman–Crippen LogP) is 2.61. The minimum absolute atomic E-state index is 0.0256. The quantitative estimate of drug-likeness (QED) is 0.840. The summed E-state index contributed by atoms with van der Waals surface area (Å²) in [6.45, 7) is 0.728. The zero-order valence-electron chi connectivity index (χ0n) is 12.4. The second-order valence-corrected chi connectivity index (χ2v) is 7.10. The Kier molecular flexibility index (Phi) is 4.33. The molecule has 1 spiro atoms. The summed E-state index contributed by atoms with van der Waals surface area (Å²) in [5, 5.41) is 10.8.